The van der Waals surface area contributed by atoms with Gasteiger partial charge in [0.05, 0.1) is 17.1 Å². The van der Waals surface area contributed by atoms with Gasteiger partial charge in [0.2, 0.25) is 5.78 Å². The van der Waals surface area contributed by atoms with Crippen LogP contribution in [-0.4, -0.2) is 37.5 Å². The van der Waals surface area contributed by atoms with Crippen molar-refractivity contribution in [3.8, 4) is 0 Å². The third-order valence-electron chi connectivity index (χ3n) is 9.14. The quantitative estimate of drug-likeness (QED) is 0.139. The molecule has 7 nitrogen and oxygen atoms in total. The number of amides is 1. The molecule has 1 aliphatic heterocycles. The number of aliphatic hydroxyl groups is 1. The molecule has 1 unspecified atom stereocenters. The van der Waals surface area contributed by atoms with E-state index in [-0.39, 0.29) is 11.7 Å². The normalized spacial score (nSPS) is 14.9. The number of carbonyl (C=O) groups excluding carboxylic acids is 2. The summed E-state index contributed by atoms with van der Waals surface area (Å²) in [6.45, 7) is 0. The van der Waals surface area contributed by atoms with E-state index in [1.54, 1.807) is 36.5 Å². The predicted molar refractivity (Wildman–Crippen MR) is 199 cm³/mol. The van der Waals surface area contributed by atoms with Gasteiger partial charge in [-0.3, -0.25) is 9.59 Å². The Morgan fingerprint density at radius 1 is 0.569 bits per heavy atom. The van der Waals surface area contributed by atoms with E-state index < -0.39 is 5.60 Å². The fourth-order valence-corrected chi connectivity index (χ4v) is 6.66. The van der Waals surface area contributed by atoms with E-state index in [9.17, 15) is 14.7 Å². The molecule has 0 saturated carbocycles. The van der Waals surface area contributed by atoms with E-state index in [1.807, 2.05) is 127 Å². The Bertz CT molecular complexity index is 2560. The summed E-state index contributed by atoms with van der Waals surface area (Å²) in [5.41, 5.74) is 5.93. The first-order valence-corrected chi connectivity index (χ1v) is 16.6. The number of benzene rings is 4. The molecular formula is C44H32N4O3. The van der Waals surface area contributed by atoms with Gasteiger partial charge in [-0.1, -0.05) is 121 Å². The first-order chi connectivity index (χ1) is 25.0. The number of rotatable bonds is 9. The molecule has 1 amide bonds. The minimum Gasteiger partial charge on any atom is -0.374 e. The summed E-state index contributed by atoms with van der Waals surface area (Å²) in [6.07, 6.45) is 5.02. The highest BCUT2D eigenvalue weighted by Crippen LogP contribution is 2.38. The number of allylic oxidation sites excluding steroid dienone is 1. The zero-order valence-electron chi connectivity index (χ0n) is 27.4. The fraction of sp³-hybridized carbons (Fsp3) is 0.0227. The first-order valence-electron chi connectivity index (χ1n) is 16.6. The third-order valence-corrected chi connectivity index (χ3v) is 9.14. The zero-order chi connectivity index (χ0) is 34.8. The van der Waals surface area contributed by atoms with Crippen molar-refractivity contribution in [2.75, 3.05) is 0 Å². The molecule has 1 aliphatic rings. The second-order valence-electron chi connectivity index (χ2n) is 12.3. The monoisotopic (exact) mass is 664 g/mol. The van der Waals surface area contributed by atoms with Crippen molar-refractivity contribution in [2.45, 2.75) is 5.60 Å². The molecule has 3 aromatic heterocycles. The number of nitrogens with one attached hydrogen (secondary N) is 3. The molecule has 0 saturated heterocycles. The number of H-pyrrole nitrogens is 3. The summed E-state index contributed by atoms with van der Waals surface area (Å²) in [5.74, 6) is -0.449. The first kappa shape index (κ1) is 31.4. The molecule has 0 fully saturated rings. The van der Waals surface area contributed by atoms with E-state index in [0.717, 1.165) is 38.7 Å². The standard InChI is InChI=1S/C44H32N4O3/c49-40-26-24-36(48-40)41(29-13-5-1-6-14-29)34-21-22-35(46-34)42(30-15-7-2-8-16-30)38-27-33(28-45-38)44(51,32-19-11-4-12-20-32)39-25-23-37(47-39)43(50)31-17-9-3-10-18-31/h1-28,45-47,51H/b41-34-,42-35-. The number of aromatic amines is 3. The maximum Gasteiger partial charge on any atom is 0.270 e. The van der Waals surface area contributed by atoms with Crippen molar-refractivity contribution in [1.29, 1.82) is 0 Å². The van der Waals surface area contributed by atoms with E-state index >= 15 is 0 Å². The summed E-state index contributed by atoms with van der Waals surface area (Å²) in [4.78, 5) is 40.1. The maximum absolute atomic E-state index is 13.4. The number of aliphatic imine (C=N–C) groups is 1. The van der Waals surface area contributed by atoms with Crippen LogP contribution in [0, 0.1) is 0 Å². The van der Waals surface area contributed by atoms with Gasteiger partial charge in [-0.2, -0.15) is 0 Å². The van der Waals surface area contributed by atoms with Crippen LogP contribution in [0.15, 0.2) is 175 Å². The average molecular weight is 665 g/mol. The molecule has 0 radical (unpaired) electrons. The van der Waals surface area contributed by atoms with Crippen molar-refractivity contribution in [3.05, 3.63) is 226 Å². The van der Waals surface area contributed by atoms with Gasteiger partial charge >= 0.3 is 0 Å². The summed E-state index contributed by atoms with van der Waals surface area (Å²) in [7, 11) is 0. The minimum absolute atomic E-state index is 0.163. The third kappa shape index (κ3) is 5.92. The Kier molecular flexibility index (Phi) is 8.16. The van der Waals surface area contributed by atoms with Crippen molar-refractivity contribution in [2.24, 2.45) is 4.99 Å². The molecule has 7 heteroatoms. The van der Waals surface area contributed by atoms with Crippen molar-refractivity contribution < 1.29 is 14.7 Å². The predicted octanol–water partition coefficient (Wildman–Crippen LogP) is 6.17. The molecule has 4 aromatic carbocycles. The summed E-state index contributed by atoms with van der Waals surface area (Å²) in [6, 6.07) is 47.8. The van der Waals surface area contributed by atoms with Crippen LogP contribution in [0.3, 0.4) is 0 Å². The average Bonchev–Trinajstić information content (AvgIpc) is 4.03. The molecular weight excluding hydrogens is 633 g/mol. The van der Waals surface area contributed by atoms with E-state index in [1.165, 1.54) is 6.08 Å². The molecule has 1 atom stereocenters. The lowest BCUT2D eigenvalue weighted by Gasteiger charge is -2.27. The summed E-state index contributed by atoms with van der Waals surface area (Å²) >= 11 is 0. The van der Waals surface area contributed by atoms with E-state index in [2.05, 4.69) is 19.9 Å². The zero-order valence-corrected chi connectivity index (χ0v) is 27.4. The number of hydrogen-bond donors (Lipinski definition) is 4. The molecule has 246 valence electrons. The molecule has 0 aliphatic carbocycles. The molecule has 0 spiro atoms. The summed E-state index contributed by atoms with van der Waals surface area (Å²) < 4.78 is 0. The molecule has 0 bridgehead atoms. The summed E-state index contributed by atoms with van der Waals surface area (Å²) in [5, 5.41) is 14.4. The smallest absolute Gasteiger partial charge is 0.270 e. The Labute approximate surface area is 293 Å². The van der Waals surface area contributed by atoms with Crippen LogP contribution in [0.2, 0.25) is 0 Å². The molecule has 4 N–H and O–H groups in total. The lowest BCUT2D eigenvalue weighted by Crippen LogP contribution is -2.29. The molecule has 51 heavy (non-hydrogen) atoms. The van der Waals surface area contributed by atoms with Gasteiger partial charge in [-0.15, -0.1) is 0 Å². The Morgan fingerprint density at radius 3 is 1.75 bits per heavy atom. The highest BCUT2D eigenvalue weighted by Gasteiger charge is 2.37. The van der Waals surface area contributed by atoms with E-state index in [0.29, 0.717) is 33.8 Å². The van der Waals surface area contributed by atoms with E-state index in [4.69, 9.17) is 0 Å². The van der Waals surface area contributed by atoms with Crippen molar-refractivity contribution in [1.82, 2.24) is 15.0 Å². The Morgan fingerprint density at radius 2 is 1.14 bits per heavy atom. The van der Waals surface area contributed by atoms with Gasteiger partial charge in [0.15, 0.2) is 5.60 Å². The van der Waals surface area contributed by atoms with Gasteiger partial charge in [0.1, 0.15) is 0 Å². The maximum atomic E-state index is 13.4. The molecule has 7 aromatic rings. The lowest BCUT2D eigenvalue weighted by molar-refractivity contribution is -0.113. The lowest BCUT2D eigenvalue weighted by atomic mass is 9.84. The Hall–Kier alpha value is -6.83. The van der Waals surface area contributed by atoms with Crippen molar-refractivity contribution >= 4 is 28.5 Å². The number of hydrogen-bond acceptors (Lipinski definition) is 3. The van der Waals surface area contributed by atoms with Gasteiger partial charge in [-0.05, 0) is 53.1 Å². The Balaban J connectivity index is 1.30. The second kappa shape index (κ2) is 13.2. The highest BCUT2D eigenvalue weighted by atomic mass is 16.3. The van der Waals surface area contributed by atoms with Crippen LogP contribution in [0.4, 0.5) is 0 Å². The van der Waals surface area contributed by atoms with Crippen LogP contribution >= 0.6 is 0 Å². The second-order valence-corrected chi connectivity index (χ2v) is 12.3. The number of carbonyl (C=O) groups is 2. The van der Waals surface area contributed by atoms with Gasteiger partial charge < -0.3 is 20.1 Å². The van der Waals surface area contributed by atoms with Crippen LogP contribution in [0.25, 0.3) is 11.1 Å². The highest BCUT2D eigenvalue weighted by molar-refractivity contribution is 6.34. The number of nitrogens with zero attached hydrogens (tertiary/aromatic N) is 1. The van der Waals surface area contributed by atoms with Crippen LogP contribution in [0.1, 0.15) is 49.7 Å². The van der Waals surface area contributed by atoms with Gasteiger partial charge in [-0.25, -0.2) is 4.99 Å². The van der Waals surface area contributed by atoms with Gasteiger partial charge in [0.25, 0.3) is 5.91 Å². The van der Waals surface area contributed by atoms with Crippen LogP contribution < -0.4 is 10.7 Å². The topological polar surface area (TPSA) is 114 Å². The van der Waals surface area contributed by atoms with Crippen molar-refractivity contribution in [3.63, 3.8) is 0 Å². The number of ketones is 1. The molecule has 8 rings (SSSR count). The fourth-order valence-electron chi connectivity index (χ4n) is 6.66. The minimum atomic E-state index is -1.62. The largest absolute Gasteiger partial charge is 0.374 e. The molecule has 4 heterocycles. The van der Waals surface area contributed by atoms with Crippen LogP contribution in [-0.2, 0) is 10.4 Å². The van der Waals surface area contributed by atoms with Gasteiger partial charge in [0, 0.05) is 50.9 Å². The number of aromatic nitrogens is 3. The SMILES string of the molecule is O=C1C=CC(/C(c2ccccc2)=c2/cc/c(=C(\c3ccccc3)c3cc(C(O)(c4ccccc4)c4ccc(C(=O)c5ccccc5)[nH]4)c[nH]3)[nH]2)=N1. The van der Waals surface area contributed by atoms with Crippen LogP contribution in [0.5, 0.6) is 0 Å².